The lowest BCUT2D eigenvalue weighted by atomic mass is 10.2. The third-order valence-corrected chi connectivity index (χ3v) is 2.40. The highest BCUT2D eigenvalue weighted by Crippen LogP contribution is 2.01. The van der Waals surface area contributed by atoms with Crippen molar-refractivity contribution in [1.29, 1.82) is 5.26 Å². The van der Waals surface area contributed by atoms with Crippen molar-refractivity contribution in [2.75, 3.05) is 6.61 Å². The zero-order valence-corrected chi connectivity index (χ0v) is 9.41. The summed E-state index contributed by atoms with van der Waals surface area (Å²) in [6, 6.07) is 12.0. The molecule has 17 heavy (non-hydrogen) atoms. The molecule has 0 amide bonds. The van der Waals surface area contributed by atoms with Gasteiger partial charge in [0, 0.05) is 18.9 Å². The maximum atomic E-state index is 8.77. The van der Waals surface area contributed by atoms with Crippen molar-refractivity contribution in [3.8, 4) is 6.07 Å². The summed E-state index contributed by atoms with van der Waals surface area (Å²) in [5.41, 5.74) is 1.15. The van der Waals surface area contributed by atoms with Gasteiger partial charge in [0.2, 0.25) is 5.82 Å². The highest BCUT2D eigenvalue weighted by atomic mass is 16.5. The molecule has 0 aliphatic carbocycles. The molecule has 1 aromatic carbocycles. The fourth-order valence-electron chi connectivity index (χ4n) is 1.53. The lowest BCUT2D eigenvalue weighted by molar-refractivity contribution is 0.113. The van der Waals surface area contributed by atoms with Gasteiger partial charge in [-0.3, -0.25) is 0 Å². The first-order valence-corrected chi connectivity index (χ1v) is 5.43. The predicted octanol–water partition coefficient (Wildman–Crippen LogP) is 1.97. The molecule has 2 aromatic rings. The van der Waals surface area contributed by atoms with Gasteiger partial charge in [-0.25, -0.2) is 4.98 Å². The smallest absolute Gasteiger partial charge is 0.212 e. The molecule has 0 unspecified atom stereocenters. The molecule has 0 saturated carbocycles. The largest absolute Gasteiger partial charge is 0.375 e. The van der Waals surface area contributed by atoms with E-state index in [2.05, 4.69) is 4.98 Å². The van der Waals surface area contributed by atoms with E-state index in [9.17, 15) is 0 Å². The molecule has 1 aromatic heterocycles. The highest BCUT2D eigenvalue weighted by Gasteiger charge is 2.00. The third kappa shape index (κ3) is 3.16. The lowest BCUT2D eigenvalue weighted by Gasteiger charge is -2.05. The van der Waals surface area contributed by atoms with Crippen molar-refractivity contribution in [3.05, 3.63) is 54.1 Å². The van der Waals surface area contributed by atoms with Gasteiger partial charge in [-0.2, -0.15) is 5.26 Å². The minimum Gasteiger partial charge on any atom is -0.375 e. The summed E-state index contributed by atoms with van der Waals surface area (Å²) in [6.45, 7) is 1.81. The van der Waals surface area contributed by atoms with Crippen LogP contribution in [0.4, 0.5) is 0 Å². The van der Waals surface area contributed by atoms with E-state index in [0.717, 1.165) is 5.56 Å². The molecule has 0 spiro atoms. The van der Waals surface area contributed by atoms with E-state index in [4.69, 9.17) is 10.00 Å². The topological polar surface area (TPSA) is 50.8 Å². The minimum absolute atomic E-state index is 0.424. The van der Waals surface area contributed by atoms with E-state index < -0.39 is 0 Å². The van der Waals surface area contributed by atoms with E-state index in [-0.39, 0.29) is 0 Å². The SMILES string of the molecule is N#Cc1nccn1CCOCc1ccccc1. The average Bonchev–Trinajstić information content (AvgIpc) is 2.83. The number of nitriles is 1. The number of aromatic nitrogens is 2. The Morgan fingerprint density at radius 1 is 1.29 bits per heavy atom. The van der Waals surface area contributed by atoms with Gasteiger partial charge >= 0.3 is 0 Å². The van der Waals surface area contributed by atoms with E-state index >= 15 is 0 Å². The summed E-state index contributed by atoms with van der Waals surface area (Å²) < 4.78 is 7.32. The van der Waals surface area contributed by atoms with Crippen LogP contribution in [0.1, 0.15) is 11.4 Å². The van der Waals surface area contributed by atoms with Gasteiger partial charge in [-0.1, -0.05) is 30.3 Å². The summed E-state index contributed by atoms with van der Waals surface area (Å²) in [5.74, 6) is 0.424. The number of rotatable bonds is 5. The van der Waals surface area contributed by atoms with Crippen LogP contribution < -0.4 is 0 Å². The van der Waals surface area contributed by atoms with E-state index in [1.807, 2.05) is 36.4 Å². The maximum absolute atomic E-state index is 8.77. The monoisotopic (exact) mass is 227 g/mol. The highest BCUT2D eigenvalue weighted by molar-refractivity contribution is 5.13. The summed E-state index contributed by atoms with van der Waals surface area (Å²) in [7, 11) is 0. The molecule has 4 nitrogen and oxygen atoms in total. The standard InChI is InChI=1S/C13H13N3O/c14-10-13-15-6-7-16(13)8-9-17-11-12-4-2-1-3-5-12/h1-7H,8-9,11H2. The van der Waals surface area contributed by atoms with E-state index in [1.165, 1.54) is 0 Å². The maximum Gasteiger partial charge on any atom is 0.212 e. The molecule has 1 heterocycles. The molecule has 0 radical (unpaired) electrons. The Bertz CT molecular complexity index is 499. The lowest BCUT2D eigenvalue weighted by Crippen LogP contribution is -2.07. The van der Waals surface area contributed by atoms with E-state index in [0.29, 0.717) is 25.6 Å². The van der Waals surface area contributed by atoms with Crippen molar-refractivity contribution in [3.63, 3.8) is 0 Å². The fourth-order valence-corrected chi connectivity index (χ4v) is 1.53. The van der Waals surface area contributed by atoms with Crippen molar-refractivity contribution in [2.24, 2.45) is 0 Å². The van der Waals surface area contributed by atoms with Crippen molar-refractivity contribution in [1.82, 2.24) is 9.55 Å². The summed E-state index contributed by atoms with van der Waals surface area (Å²) >= 11 is 0. The second-order valence-electron chi connectivity index (χ2n) is 3.59. The molecule has 0 bridgehead atoms. The predicted molar refractivity (Wildman–Crippen MR) is 63.0 cm³/mol. The first-order chi connectivity index (χ1) is 8.40. The molecule has 0 aliphatic heterocycles. The van der Waals surface area contributed by atoms with Gasteiger partial charge in [-0.05, 0) is 5.56 Å². The molecular formula is C13H13N3O. The first kappa shape index (κ1) is 11.4. The summed E-state index contributed by atoms with van der Waals surface area (Å²) in [5, 5.41) is 8.77. The molecule has 4 heteroatoms. The van der Waals surface area contributed by atoms with Gasteiger partial charge < -0.3 is 9.30 Å². The van der Waals surface area contributed by atoms with Crippen LogP contribution in [0.5, 0.6) is 0 Å². The Kier molecular flexibility index (Phi) is 3.90. The van der Waals surface area contributed by atoms with Crippen LogP contribution in [0.2, 0.25) is 0 Å². The molecule has 2 rings (SSSR count). The fraction of sp³-hybridized carbons (Fsp3) is 0.231. The zero-order valence-electron chi connectivity index (χ0n) is 9.41. The van der Waals surface area contributed by atoms with Crippen molar-refractivity contribution >= 4 is 0 Å². The Morgan fingerprint density at radius 2 is 2.12 bits per heavy atom. The number of hydrogen-bond acceptors (Lipinski definition) is 3. The number of ether oxygens (including phenoxy) is 1. The van der Waals surface area contributed by atoms with Gasteiger partial charge in [-0.15, -0.1) is 0 Å². The molecule has 0 aliphatic rings. The van der Waals surface area contributed by atoms with Crippen LogP contribution in [0.25, 0.3) is 0 Å². The normalized spacial score (nSPS) is 10.1. The van der Waals surface area contributed by atoms with Crippen LogP contribution in [-0.4, -0.2) is 16.2 Å². The molecule has 0 fully saturated rings. The van der Waals surface area contributed by atoms with Gasteiger partial charge in [0.1, 0.15) is 6.07 Å². The molecule has 86 valence electrons. The number of benzene rings is 1. The first-order valence-electron chi connectivity index (χ1n) is 5.43. The van der Waals surface area contributed by atoms with Gasteiger partial charge in [0.15, 0.2) is 0 Å². The number of imidazole rings is 1. The second kappa shape index (κ2) is 5.83. The van der Waals surface area contributed by atoms with Crippen LogP contribution in [0, 0.1) is 11.3 Å². The van der Waals surface area contributed by atoms with Crippen molar-refractivity contribution in [2.45, 2.75) is 13.2 Å². The van der Waals surface area contributed by atoms with Crippen LogP contribution in [0.3, 0.4) is 0 Å². The Morgan fingerprint density at radius 3 is 2.88 bits per heavy atom. The van der Waals surface area contributed by atoms with E-state index in [1.54, 1.807) is 17.0 Å². The quantitative estimate of drug-likeness (QED) is 0.734. The van der Waals surface area contributed by atoms with Crippen LogP contribution >= 0.6 is 0 Å². The summed E-state index contributed by atoms with van der Waals surface area (Å²) in [6.07, 6.45) is 3.40. The third-order valence-electron chi connectivity index (χ3n) is 2.40. The Hall–Kier alpha value is -2.12. The van der Waals surface area contributed by atoms with Gasteiger partial charge in [0.05, 0.1) is 13.2 Å². The zero-order chi connectivity index (χ0) is 11.9. The molecule has 0 N–H and O–H groups in total. The number of hydrogen-bond donors (Lipinski definition) is 0. The molecule has 0 saturated heterocycles. The number of nitrogens with zero attached hydrogens (tertiary/aromatic N) is 3. The van der Waals surface area contributed by atoms with Gasteiger partial charge in [0.25, 0.3) is 0 Å². The molecular weight excluding hydrogens is 214 g/mol. The molecule has 0 atom stereocenters. The Labute approximate surface area is 100 Å². The van der Waals surface area contributed by atoms with Crippen LogP contribution in [0.15, 0.2) is 42.7 Å². The second-order valence-corrected chi connectivity index (χ2v) is 3.59. The Balaban J connectivity index is 1.76. The summed E-state index contributed by atoms with van der Waals surface area (Å²) in [4.78, 5) is 3.92. The average molecular weight is 227 g/mol. The minimum atomic E-state index is 0.424. The van der Waals surface area contributed by atoms with Crippen LogP contribution in [-0.2, 0) is 17.9 Å². The van der Waals surface area contributed by atoms with Crippen molar-refractivity contribution < 1.29 is 4.74 Å².